The molecule has 0 saturated heterocycles. The summed E-state index contributed by atoms with van der Waals surface area (Å²) in [6.07, 6.45) is 0. The summed E-state index contributed by atoms with van der Waals surface area (Å²) in [5.41, 5.74) is 0. The van der Waals surface area contributed by atoms with Crippen molar-refractivity contribution in [1.29, 1.82) is 0 Å². The van der Waals surface area contributed by atoms with E-state index in [0.29, 0.717) is 11.8 Å². The Hall–Kier alpha value is -1.73. The largest absolute Gasteiger partial charge is 0.549 e. The van der Waals surface area contributed by atoms with Crippen molar-refractivity contribution in [3.8, 4) is 23.0 Å². The van der Waals surface area contributed by atoms with Gasteiger partial charge in [-0.1, -0.05) is 67.5 Å². The first-order chi connectivity index (χ1) is 13.5. The third-order valence-corrected chi connectivity index (χ3v) is 10.3. The fourth-order valence-corrected chi connectivity index (χ4v) is 4.37. The van der Waals surface area contributed by atoms with Gasteiger partial charge in [0, 0.05) is 12.1 Å². The van der Waals surface area contributed by atoms with E-state index in [1.807, 2.05) is 48.5 Å². The molecule has 0 spiro atoms. The monoisotopic (exact) mass is 430 g/mol. The summed E-state index contributed by atoms with van der Waals surface area (Å²) < 4.78 is 18.4. The minimum atomic E-state index is -0.698. The molecule has 3 nitrogen and oxygen atoms in total. The van der Waals surface area contributed by atoms with Crippen LogP contribution < -0.4 is 13.6 Å². The Balaban J connectivity index is 2.01. The number of benzene rings is 2. The molecule has 0 aromatic heterocycles. The van der Waals surface area contributed by atoms with Crippen LogP contribution >= 0.6 is 0 Å². The summed E-state index contributed by atoms with van der Waals surface area (Å²) in [6.45, 7) is 18.2. The fraction of sp³-hybridized carbons (Fsp3) is 0.500. The highest BCUT2D eigenvalue weighted by Gasteiger charge is 2.25. The first-order valence-corrected chi connectivity index (χ1v) is 13.2. The van der Waals surface area contributed by atoms with Gasteiger partial charge in [-0.3, -0.25) is 0 Å². The van der Waals surface area contributed by atoms with Crippen molar-refractivity contribution >= 4 is 19.5 Å². The Morgan fingerprint density at radius 3 is 1.31 bits per heavy atom. The minimum absolute atomic E-state index is 0.260. The average molecular weight is 431 g/mol. The van der Waals surface area contributed by atoms with E-state index in [0.717, 1.165) is 23.0 Å². The van der Waals surface area contributed by atoms with Gasteiger partial charge in [0.15, 0.2) is 0 Å². The predicted molar refractivity (Wildman–Crippen MR) is 129 cm³/mol. The molecule has 0 amide bonds. The number of rotatable bonds is 10. The number of ether oxygens (including phenoxy) is 1. The lowest BCUT2D eigenvalue weighted by molar-refractivity contribution is 0.424. The molecule has 5 heteroatoms. The number of hydrogen-bond acceptors (Lipinski definition) is 3. The summed E-state index contributed by atoms with van der Waals surface area (Å²) in [5, 5.41) is 0.520. The van der Waals surface area contributed by atoms with Crippen molar-refractivity contribution < 1.29 is 13.6 Å². The molecular weight excluding hydrogens is 392 g/mol. The summed E-state index contributed by atoms with van der Waals surface area (Å²) in [6, 6.07) is 15.9. The van der Waals surface area contributed by atoms with Crippen LogP contribution in [0.2, 0.25) is 10.1 Å². The van der Waals surface area contributed by atoms with Gasteiger partial charge >= 0.3 is 0 Å². The third-order valence-electron chi connectivity index (χ3n) is 6.19. The van der Waals surface area contributed by atoms with E-state index < -0.39 is 19.5 Å². The summed E-state index contributed by atoms with van der Waals surface area (Å²) in [5.74, 6) is 4.58. The lowest BCUT2D eigenvalue weighted by Crippen LogP contribution is -2.24. The predicted octanol–water partition coefficient (Wildman–Crippen LogP) is 6.11. The zero-order chi connectivity index (χ0) is 21.7. The minimum Gasteiger partial charge on any atom is -0.549 e. The molecule has 0 aliphatic rings. The van der Waals surface area contributed by atoms with Crippen molar-refractivity contribution in [1.82, 2.24) is 0 Å². The van der Waals surface area contributed by atoms with Crippen molar-refractivity contribution in [2.24, 2.45) is 11.8 Å². The molecule has 2 aromatic carbocycles. The van der Waals surface area contributed by atoms with Crippen LogP contribution in [0.1, 0.15) is 55.4 Å². The molecule has 0 N–H and O–H groups in total. The molecule has 0 fully saturated rings. The Kier molecular flexibility index (Phi) is 8.00. The average Bonchev–Trinajstić information content (AvgIpc) is 2.65. The van der Waals surface area contributed by atoms with Gasteiger partial charge in [0.2, 0.25) is 19.5 Å². The fourth-order valence-electron chi connectivity index (χ4n) is 2.26. The molecule has 0 aliphatic heterocycles. The standard InChI is InChI=1S/C24H38O3Si2/c1-17(2)23(5,6)28-26-21-13-9-11-19(15-21)25-20-12-10-14-22(16-20)27-29-24(7,8)18(3)4/h9-18H,28-29H2,1-8H3. The Bertz CT molecular complexity index is 720. The molecule has 0 aliphatic carbocycles. The van der Waals surface area contributed by atoms with E-state index in [9.17, 15) is 0 Å². The Morgan fingerprint density at radius 2 is 0.966 bits per heavy atom. The maximum absolute atomic E-state index is 6.17. The lowest BCUT2D eigenvalue weighted by atomic mass is 9.99. The van der Waals surface area contributed by atoms with Gasteiger partial charge in [-0.05, 0) is 46.2 Å². The van der Waals surface area contributed by atoms with Gasteiger partial charge in [0.05, 0.1) is 0 Å². The van der Waals surface area contributed by atoms with E-state index in [2.05, 4.69) is 55.4 Å². The highest BCUT2D eigenvalue weighted by Crippen LogP contribution is 2.35. The highest BCUT2D eigenvalue weighted by atomic mass is 28.2. The van der Waals surface area contributed by atoms with Gasteiger partial charge in [0.1, 0.15) is 23.0 Å². The second-order valence-electron chi connectivity index (χ2n) is 9.92. The summed E-state index contributed by atoms with van der Waals surface area (Å²) in [7, 11) is -1.40. The SMILES string of the molecule is CC(C)C(C)(C)[SiH2]Oc1cccc(Oc2cccc(O[SiH2]C(C)(C)C(C)C)c2)c1. The summed E-state index contributed by atoms with van der Waals surface area (Å²) in [4.78, 5) is 0. The van der Waals surface area contributed by atoms with Gasteiger partial charge < -0.3 is 13.6 Å². The molecule has 2 rings (SSSR count). The van der Waals surface area contributed by atoms with Crippen LogP contribution in [0.3, 0.4) is 0 Å². The molecule has 0 unspecified atom stereocenters. The second-order valence-corrected chi connectivity index (χ2v) is 14.7. The first kappa shape index (κ1) is 23.6. The first-order valence-electron chi connectivity index (χ1n) is 10.6. The quantitative estimate of drug-likeness (QED) is 0.425. The van der Waals surface area contributed by atoms with Crippen LogP contribution in [0.4, 0.5) is 0 Å². The maximum Gasteiger partial charge on any atom is 0.225 e. The van der Waals surface area contributed by atoms with Crippen LogP contribution in [0.25, 0.3) is 0 Å². The molecule has 29 heavy (non-hydrogen) atoms. The molecule has 160 valence electrons. The molecule has 2 aromatic rings. The van der Waals surface area contributed by atoms with E-state index in [1.54, 1.807) is 0 Å². The van der Waals surface area contributed by atoms with Gasteiger partial charge in [0.25, 0.3) is 0 Å². The maximum atomic E-state index is 6.17. The molecular formula is C24H38O3Si2. The van der Waals surface area contributed by atoms with Gasteiger partial charge in [-0.2, -0.15) is 0 Å². The van der Waals surface area contributed by atoms with Gasteiger partial charge in [-0.15, -0.1) is 0 Å². The van der Waals surface area contributed by atoms with Crippen LogP contribution in [0, 0.1) is 11.8 Å². The Morgan fingerprint density at radius 1 is 0.621 bits per heavy atom. The van der Waals surface area contributed by atoms with Gasteiger partial charge in [-0.25, -0.2) is 0 Å². The molecule has 0 saturated carbocycles. The number of hydrogen-bond donors (Lipinski definition) is 0. The van der Waals surface area contributed by atoms with Crippen molar-refractivity contribution in [2.75, 3.05) is 0 Å². The zero-order valence-corrected chi connectivity index (χ0v) is 22.2. The highest BCUT2D eigenvalue weighted by molar-refractivity contribution is 6.33. The second kappa shape index (κ2) is 9.85. The van der Waals surface area contributed by atoms with Crippen LogP contribution in [-0.2, 0) is 0 Å². The van der Waals surface area contributed by atoms with Crippen molar-refractivity contribution in [3.05, 3.63) is 48.5 Å². The van der Waals surface area contributed by atoms with Crippen LogP contribution in [0.5, 0.6) is 23.0 Å². The molecule has 0 heterocycles. The normalized spacial score (nSPS) is 13.2. The molecule has 0 atom stereocenters. The molecule has 0 radical (unpaired) electrons. The smallest absolute Gasteiger partial charge is 0.225 e. The Labute approximate surface area is 182 Å². The van der Waals surface area contributed by atoms with Crippen molar-refractivity contribution in [3.63, 3.8) is 0 Å². The van der Waals surface area contributed by atoms with Crippen LogP contribution in [0.15, 0.2) is 48.5 Å². The zero-order valence-electron chi connectivity index (χ0n) is 19.4. The molecule has 0 bridgehead atoms. The van der Waals surface area contributed by atoms with E-state index >= 15 is 0 Å². The van der Waals surface area contributed by atoms with E-state index in [-0.39, 0.29) is 10.1 Å². The summed E-state index contributed by atoms with van der Waals surface area (Å²) >= 11 is 0. The van der Waals surface area contributed by atoms with E-state index in [1.165, 1.54) is 0 Å². The van der Waals surface area contributed by atoms with E-state index in [4.69, 9.17) is 13.6 Å². The third kappa shape index (κ3) is 7.23. The van der Waals surface area contributed by atoms with Crippen LogP contribution in [-0.4, -0.2) is 19.5 Å². The lowest BCUT2D eigenvalue weighted by Gasteiger charge is -2.28. The topological polar surface area (TPSA) is 27.7 Å². The van der Waals surface area contributed by atoms with Crippen molar-refractivity contribution in [2.45, 2.75) is 65.5 Å².